The zero-order valence-electron chi connectivity index (χ0n) is 21.4. The predicted octanol–water partition coefficient (Wildman–Crippen LogP) is 4.41. The molecule has 1 fully saturated rings. The van der Waals surface area contributed by atoms with Crippen LogP contribution >= 0.6 is 0 Å². The number of anilines is 1. The zero-order chi connectivity index (χ0) is 27.6. The lowest BCUT2D eigenvalue weighted by atomic mass is 10.0. The SMILES string of the molecule is Cc1cccc(C)c1-c1nc(C)c(COc2cccc(C(F)(F)F)c2F)c(N2CCN(CC(N)=O)CC2)n1. The van der Waals surface area contributed by atoms with Crippen molar-refractivity contribution in [3.63, 3.8) is 0 Å². The number of carbonyl (C=O) groups is 1. The summed E-state index contributed by atoms with van der Waals surface area (Å²) >= 11 is 0. The summed E-state index contributed by atoms with van der Waals surface area (Å²) in [5.74, 6) is -1.31. The van der Waals surface area contributed by atoms with Gasteiger partial charge in [0, 0.05) is 31.7 Å². The highest BCUT2D eigenvalue weighted by Gasteiger charge is 2.35. The smallest absolute Gasteiger partial charge is 0.419 e. The Hall–Kier alpha value is -3.73. The van der Waals surface area contributed by atoms with E-state index in [1.807, 2.05) is 41.8 Å². The highest BCUT2D eigenvalue weighted by molar-refractivity contribution is 5.76. The molecule has 0 aliphatic carbocycles. The molecule has 202 valence electrons. The molecule has 2 aromatic carbocycles. The van der Waals surface area contributed by atoms with E-state index >= 15 is 0 Å². The molecule has 1 saturated heterocycles. The summed E-state index contributed by atoms with van der Waals surface area (Å²) in [6.45, 7) is 7.81. The van der Waals surface area contributed by atoms with Crippen molar-refractivity contribution in [3.8, 4) is 17.1 Å². The first-order valence-corrected chi connectivity index (χ1v) is 12.1. The third kappa shape index (κ3) is 5.88. The summed E-state index contributed by atoms with van der Waals surface area (Å²) in [5, 5.41) is 0. The average Bonchev–Trinajstić information content (AvgIpc) is 2.83. The van der Waals surface area contributed by atoms with E-state index in [1.54, 1.807) is 6.92 Å². The van der Waals surface area contributed by atoms with Crippen molar-refractivity contribution in [2.24, 2.45) is 5.73 Å². The van der Waals surface area contributed by atoms with Crippen LogP contribution in [0.3, 0.4) is 0 Å². The second kappa shape index (κ2) is 10.9. The fourth-order valence-corrected chi connectivity index (χ4v) is 4.62. The summed E-state index contributed by atoms with van der Waals surface area (Å²) in [6.07, 6.45) is -4.84. The summed E-state index contributed by atoms with van der Waals surface area (Å²) in [7, 11) is 0. The van der Waals surface area contributed by atoms with Gasteiger partial charge in [0.15, 0.2) is 17.4 Å². The van der Waals surface area contributed by atoms with Gasteiger partial charge in [0.05, 0.1) is 23.4 Å². The van der Waals surface area contributed by atoms with E-state index in [0.717, 1.165) is 28.8 Å². The Morgan fingerprint density at radius 1 is 1.00 bits per heavy atom. The molecule has 1 aromatic heterocycles. The predicted molar refractivity (Wildman–Crippen MR) is 135 cm³/mol. The highest BCUT2D eigenvalue weighted by atomic mass is 19.4. The number of primary amides is 1. The number of carbonyl (C=O) groups excluding carboxylic acids is 1. The lowest BCUT2D eigenvalue weighted by molar-refractivity contribution is -0.140. The van der Waals surface area contributed by atoms with Crippen LogP contribution in [0.15, 0.2) is 36.4 Å². The van der Waals surface area contributed by atoms with Gasteiger partial charge in [0.1, 0.15) is 12.4 Å². The Morgan fingerprint density at radius 2 is 1.63 bits per heavy atom. The highest BCUT2D eigenvalue weighted by Crippen LogP contribution is 2.36. The van der Waals surface area contributed by atoms with Gasteiger partial charge in [-0.3, -0.25) is 9.69 Å². The summed E-state index contributed by atoms with van der Waals surface area (Å²) < 4.78 is 59.8. The number of aromatic nitrogens is 2. The second-order valence-electron chi connectivity index (χ2n) is 9.34. The van der Waals surface area contributed by atoms with Crippen LogP contribution in [0.25, 0.3) is 11.4 Å². The second-order valence-corrected chi connectivity index (χ2v) is 9.34. The van der Waals surface area contributed by atoms with Gasteiger partial charge in [0.25, 0.3) is 0 Å². The number of halogens is 4. The van der Waals surface area contributed by atoms with Gasteiger partial charge in [-0.15, -0.1) is 0 Å². The lowest BCUT2D eigenvalue weighted by Gasteiger charge is -2.36. The molecule has 3 aromatic rings. The van der Waals surface area contributed by atoms with Crippen LogP contribution in [0.4, 0.5) is 23.4 Å². The normalized spacial score (nSPS) is 14.6. The van der Waals surface area contributed by atoms with Crippen molar-refractivity contribution in [1.29, 1.82) is 0 Å². The molecule has 11 heteroatoms. The van der Waals surface area contributed by atoms with Gasteiger partial charge >= 0.3 is 6.18 Å². The van der Waals surface area contributed by atoms with E-state index in [4.69, 9.17) is 20.4 Å². The van der Waals surface area contributed by atoms with Crippen molar-refractivity contribution < 1.29 is 27.1 Å². The van der Waals surface area contributed by atoms with Crippen molar-refractivity contribution in [1.82, 2.24) is 14.9 Å². The maximum atomic E-state index is 14.6. The van der Waals surface area contributed by atoms with Crippen LogP contribution in [0.2, 0.25) is 0 Å². The van der Waals surface area contributed by atoms with Gasteiger partial charge in [-0.25, -0.2) is 14.4 Å². The summed E-state index contributed by atoms with van der Waals surface area (Å²) in [5.41, 5.74) is 7.94. The van der Waals surface area contributed by atoms with Crippen LogP contribution in [-0.2, 0) is 17.6 Å². The minimum absolute atomic E-state index is 0.148. The van der Waals surface area contributed by atoms with Gasteiger partial charge in [0.2, 0.25) is 5.91 Å². The molecule has 2 heterocycles. The maximum absolute atomic E-state index is 14.6. The standard InChI is InChI=1S/C27H29F4N5O2/c1-16-6-4-7-17(2)23(16)25-33-18(3)19(15-38-21-9-5-8-20(24(21)28)27(29,30)31)26(34-25)36-12-10-35(11-13-36)14-22(32)37/h4-9H,10-15H2,1-3H3,(H2,32,37). The lowest BCUT2D eigenvalue weighted by Crippen LogP contribution is -2.49. The Morgan fingerprint density at radius 3 is 2.24 bits per heavy atom. The number of amides is 1. The molecule has 2 N–H and O–H groups in total. The van der Waals surface area contributed by atoms with Gasteiger partial charge in [-0.1, -0.05) is 24.3 Å². The number of nitrogens with two attached hydrogens (primary N) is 1. The van der Waals surface area contributed by atoms with Crippen LogP contribution in [0, 0.1) is 26.6 Å². The van der Waals surface area contributed by atoms with Gasteiger partial charge in [-0.05, 0) is 44.0 Å². The third-order valence-corrected chi connectivity index (χ3v) is 6.59. The van der Waals surface area contributed by atoms with E-state index in [1.165, 1.54) is 0 Å². The Labute approximate surface area is 218 Å². The first-order valence-electron chi connectivity index (χ1n) is 12.1. The number of alkyl halides is 3. The quantitative estimate of drug-likeness (QED) is 0.455. The minimum Gasteiger partial charge on any atom is -0.486 e. The number of nitrogens with zero attached hydrogens (tertiary/aromatic N) is 4. The molecule has 0 atom stereocenters. The Bertz CT molecular complexity index is 1320. The third-order valence-electron chi connectivity index (χ3n) is 6.59. The minimum atomic E-state index is -4.84. The van der Waals surface area contributed by atoms with Gasteiger partial charge in [-0.2, -0.15) is 13.2 Å². The molecular weight excluding hydrogens is 502 g/mol. The maximum Gasteiger partial charge on any atom is 0.419 e. The van der Waals surface area contributed by atoms with Crippen molar-refractivity contribution in [2.45, 2.75) is 33.6 Å². The molecular formula is C27H29F4N5O2. The number of hydrogen-bond acceptors (Lipinski definition) is 6. The molecule has 0 spiro atoms. The van der Waals surface area contributed by atoms with E-state index in [-0.39, 0.29) is 13.2 Å². The molecule has 0 bridgehead atoms. The summed E-state index contributed by atoms with van der Waals surface area (Å²) in [6, 6.07) is 8.83. The number of rotatable bonds is 7. The van der Waals surface area contributed by atoms with Gasteiger partial charge < -0.3 is 15.4 Å². The Kier molecular flexibility index (Phi) is 7.86. The molecule has 0 saturated carbocycles. The van der Waals surface area contributed by atoms with Crippen molar-refractivity contribution >= 4 is 11.7 Å². The van der Waals surface area contributed by atoms with Crippen LogP contribution in [-0.4, -0.2) is 53.5 Å². The molecule has 4 rings (SSSR count). The first-order chi connectivity index (χ1) is 18.0. The topological polar surface area (TPSA) is 84.6 Å². The monoisotopic (exact) mass is 531 g/mol. The van der Waals surface area contributed by atoms with Crippen LogP contribution in [0.5, 0.6) is 5.75 Å². The van der Waals surface area contributed by atoms with E-state index < -0.39 is 29.2 Å². The molecule has 0 radical (unpaired) electrons. The summed E-state index contributed by atoms with van der Waals surface area (Å²) in [4.78, 5) is 24.9. The average molecular weight is 532 g/mol. The molecule has 7 nitrogen and oxygen atoms in total. The number of ether oxygens (including phenoxy) is 1. The van der Waals surface area contributed by atoms with Crippen molar-refractivity contribution in [2.75, 3.05) is 37.6 Å². The van der Waals surface area contributed by atoms with Crippen LogP contribution < -0.4 is 15.4 Å². The van der Waals surface area contributed by atoms with E-state index in [9.17, 15) is 22.4 Å². The number of hydrogen-bond donors (Lipinski definition) is 1. The molecule has 38 heavy (non-hydrogen) atoms. The molecule has 0 unspecified atom stereocenters. The first kappa shape index (κ1) is 27.3. The Balaban J connectivity index is 1.71. The molecule has 1 aliphatic heterocycles. The zero-order valence-corrected chi connectivity index (χ0v) is 21.4. The van der Waals surface area contributed by atoms with Crippen molar-refractivity contribution in [3.05, 3.63) is 70.2 Å². The molecule has 1 aliphatic rings. The van der Waals surface area contributed by atoms with E-state index in [2.05, 4.69) is 0 Å². The molecule has 1 amide bonds. The number of piperazine rings is 1. The fourth-order valence-electron chi connectivity index (χ4n) is 4.62. The van der Waals surface area contributed by atoms with Crippen LogP contribution in [0.1, 0.15) is 27.9 Å². The largest absolute Gasteiger partial charge is 0.486 e. The number of aryl methyl sites for hydroxylation is 3. The fraction of sp³-hybridized carbons (Fsp3) is 0.370. The van der Waals surface area contributed by atoms with E-state index in [0.29, 0.717) is 55.1 Å². The number of benzene rings is 2.